The largest absolute Gasteiger partial charge is 0.256 e. The van der Waals surface area contributed by atoms with E-state index >= 15 is 0 Å². The highest BCUT2D eigenvalue weighted by Crippen LogP contribution is 2.38. The van der Waals surface area contributed by atoms with Gasteiger partial charge in [0.2, 0.25) is 0 Å². The number of rotatable bonds is 9. The third-order valence-electron chi connectivity index (χ3n) is 11.3. The van der Waals surface area contributed by atoms with E-state index in [1.165, 1.54) is 0 Å². The molecular weight excluding hydrogens is 759 g/mol. The summed E-state index contributed by atoms with van der Waals surface area (Å²) in [7, 11) is 0. The number of hydrogen-bond acceptors (Lipinski definition) is 7. The molecule has 7 heteroatoms. The summed E-state index contributed by atoms with van der Waals surface area (Å²) >= 11 is 0. The number of aromatic nitrogens is 7. The van der Waals surface area contributed by atoms with Crippen molar-refractivity contribution >= 4 is 21.8 Å². The van der Waals surface area contributed by atoms with Gasteiger partial charge in [-0.2, -0.15) is 0 Å². The first-order valence-corrected chi connectivity index (χ1v) is 21.1. The van der Waals surface area contributed by atoms with E-state index in [0.717, 1.165) is 94.7 Å². The van der Waals surface area contributed by atoms with Gasteiger partial charge in [-0.1, -0.05) is 137 Å². The highest BCUT2D eigenvalue weighted by Gasteiger charge is 2.20. The second kappa shape index (κ2) is 16.4. The Morgan fingerprint density at radius 3 is 1.21 bits per heavy atom. The molecule has 10 aromatic rings. The summed E-state index contributed by atoms with van der Waals surface area (Å²) in [6.07, 6.45) is 3.62. The lowest BCUT2D eigenvalue weighted by atomic mass is 9.94. The molecule has 0 aliphatic carbocycles. The monoisotopic (exact) mass is 801 g/mol. The summed E-state index contributed by atoms with van der Waals surface area (Å²) in [5.41, 5.74) is 14.5. The van der Waals surface area contributed by atoms with Crippen LogP contribution in [0.4, 0.5) is 0 Å². The zero-order valence-corrected chi connectivity index (χ0v) is 35.0. The van der Waals surface area contributed by atoms with Crippen LogP contribution in [0, 0.1) is 0 Å². The van der Waals surface area contributed by atoms with Crippen LogP contribution in [0.25, 0.3) is 101 Å². The van der Waals surface area contributed by atoms with Gasteiger partial charge in [-0.15, -0.1) is 0 Å². The van der Waals surface area contributed by atoms with E-state index in [4.69, 9.17) is 24.9 Å². The van der Waals surface area contributed by atoms with Crippen LogP contribution < -0.4 is 0 Å². The average Bonchev–Trinajstić information content (AvgIpc) is 3.33. The van der Waals surface area contributed by atoms with Crippen LogP contribution in [-0.4, -0.2) is 34.9 Å². The number of nitrogens with zero attached hydrogens (tertiary/aromatic N) is 7. The second-order valence-electron chi connectivity index (χ2n) is 16.2. The van der Waals surface area contributed by atoms with Gasteiger partial charge >= 0.3 is 0 Å². The van der Waals surface area contributed by atoms with Crippen molar-refractivity contribution in [1.82, 2.24) is 34.9 Å². The van der Waals surface area contributed by atoms with Gasteiger partial charge in [0.25, 0.3) is 0 Å². The minimum atomic E-state index is 0.188. The molecule has 0 radical (unpaired) electrons. The molecular formula is C55H43N7. The molecule has 0 aliphatic heterocycles. The fourth-order valence-electron chi connectivity index (χ4n) is 8.27. The summed E-state index contributed by atoms with van der Waals surface area (Å²) in [4.78, 5) is 35.9. The lowest BCUT2D eigenvalue weighted by Crippen LogP contribution is -2.03. The van der Waals surface area contributed by atoms with E-state index in [0.29, 0.717) is 17.5 Å². The third-order valence-corrected chi connectivity index (χ3v) is 11.3. The second-order valence-corrected chi connectivity index (χ2v) is 16.2. The first-order valence-electron chi connectivity index (χ1n) is 21.1. The number of hydrogen-bond donors (Lipinski definition) is 0. The Hall–Kier alpha value is -7.77. The van der Waals surface area contributed by atoms with Crippen LogP contribution in [0.1, 0.15) is 50.9 Å². The molecule has 0 bridgehead atoms. The molecule has 0 N–H and O–H groups in total. The molecule has 62 heavy (non-hydrogen) atoms. The van der Waals surface area contributed by atoms with Crippen LogP contribution in [0.2, 0.25) is 0 Å². The van der Waals surface area contributed by atoms with Crippen molar-refractivity contribution in [3.63, 3.8) is 0 Å². The summed E-state index contributed by atoms with van der Waals surface area (Å²) in [5.74, 6) is 2.01. The minimum absolute atomic E-state index is 0.188. The van der Waals surface area contributed by atoms with E-state index in [-0.39, 0.29) is 11.8 Å². The summed E-state index contributed by atoms with van der Waals surface area (Å²) < 4.78 is 0. The molecule has 0 aliphatic rings. The quantitative estimate of drug-likeness (QED) is 0.144. The maximum Gasteiger partial charge on any atom is 0.164 e. The van der Waals surface area contributed by atoms with Crippen molar-refractivity contribution in [3.8, 4) is 78.9 Å². The van der Waals surface area contributed by atoms with Gasteiger partial charge in [-0.05, 0) is 77.6 Å². The Morgan fingerprint density at radius 2 is 0.758 bits per heavy atom. The predicted octanol–water partition coefficient (Wildman–Crippen LogP) is 13.7. The van der Waals surface area contributed by atoms with Crippen molar-refractivity contribution in [2.24, 2.45) is 0 Å². The topological polar surface area (TPSA) is 90.2 Å². The normalized spacial score (nSPS) is 11.5. The standard InChI is InChI=1S/C55H43N7/c1-34(2)51-41(36-15-7-5-8-16-36)25-27-47(58-51)38-31-39(48-28-26-42(52(59-48)35(3)4)37-17-9-6-10-18-37)33-40(32-38)53-60-54(45-19-11-23-49-43(45)21-13-29-56-49)62-55(61-53)46-20-12-24-50-44(46)22-14-30-57-50/h5-35H,1-4H3. The van der Waals surface area contributed by atoms with Crippen molar-refractivity contribution < 1.29 is 0 Å². The van der Waals surface area contributed by atoms with Crippen molar-refractivity contribution in [3.05, 3.63) is 188 Å². The molecule has 0 fully saturated rings. The van der Waals surface area contributed by atoms with Crippen molar-refractivity contribution in [1.29, 1.82) is 0 Å². The summed E-state index contributed by atoms with van der Waals surface area (Å²) in [6.45, 7) is 8.80. The van der Waals surface area contributed by atoms with Crippen LogP contribution in [0.15, 0.2) is 176 Å². The minimum Gasteiger partial charge on any atom is -0.256 e. The average molecular weight is 802 g/mol. The SMILES string of the molecule is CC(C)c1nc(-c2cc(-c3ccc(-c4ccccc4)c(C(C)C)n3)cc(-c3nc(-c4cccc5ncccc45)nc(-c4cccc5ncccc45)n3)c2)ccc1-c1ccccc1. The molecule has 7 nitrogen and oxygen atoms in total. The molecule has 5 aromatic carbocycles. The molecule has 10 rings (SSSR count). The lowest BCUT2D eigenvalue weighted by molar-refractivity contribution is 0.827. The molecule has 0 saturated heterocycles. The Bertz CT molecular complexity index is 3030. The molecule has 5 aromatic heterocycles. The molecule has 0 spiro atoms. The number of fused-ring (bicyclic) bond motifs is 2. The maximum absolute atomic E-state index is 5.40. The van der Waals surface area contributed by atoms with E-state index in [1.54, 1.807) is 0 Å². The molecule has 0 amide bonds. The molecule has 0 unspecified atom stereocenters. The first-order chi connectivity index (χ1) is 30.4. The maximum atomic E-state index is 5.40. The molecule has 0 atom stereocenters. The molecule has 5 heterocycles. The fourth-order valence-corrected chi connectivity index (χ4v) is 8.27. The van der Waals surface area contributed by atoms with Crippen LogP contribution in [-0.2, 0) is 0 Å². The summed E-state index contributed by atoms with van der Waals surface area (Å²) in [6, 6.07) is 56.3. The van der Waals surface area contributed by atoms with E-state index in [9.17, 15) is 0 Å². The zero-order valence-electron chi connectivity index (χ0n) is 35.0. The number of pyridine rings is 4. The van der Waals surface area contributed by atoms with E-state index in [1.807, 2.05) is 60.9 Å². The third kappa shape index (κ3) is 7.39. The van der Waals surface area contributed by atoms with Gasteiger partial charge in [0.05, 0.1) is 33.8 Å². The van der Waals surface area contributed by atoms with E-state index < -0.39 is 0 Å². The Labute approximate surface area is 361 Å². The van der Waals surface area contributed by atoms with Gasteiger partial charge in [0.15, 0.2) is 17.5 Å². The first kappa shape index (κ1) is 38.4. The van der Waals surface area contributed by atoms with Gasteiger partial charge in [-0.3, -0.25) is 19.9 Å². The summed E-state index contributed by atoms with van der Waals surface area (Å²) in [5, 5.41) is 1.92. The van der Waals surface area contributed by atoms with Gasteiger partial charge in [0, 0.05) is 62.1 Å². The molecule has 0 saturated carbocycles. The lowest BCUT2D eigenvalue weighted by Gasteiger charge is -2.17. The highest BCUT2D eigenvalue weighted by atomic mass is 15.0. The van der Waals surface area contributed by atoms with Crippen LogP contribution >= 0.6 is 0 Å². The van der Waals surface area contributed by atoms with Crippen LogP contribution in [0.3, 0.4) is 0 Å². The van der Waals surface area contributed by atoms with Gasteiger partial charge in [0.1, 0.15) is 0 Å². The van der Waals surface area contributed by atoms with Gasteiger partial charge in [-0.25, -0.2) is 15.0 Å². The van der Waals surface area contributed by atoms with Gasteiger partial charge < -0.3 is 0 Å². The Kier molecular flexibility index (Phi) is 10.1. The Balaban J connectivity index is 1.22. The van der Waals surface area contributed by atoms with Crippen molar-refractivity contribution in [2.45, 2.75) is 39.5 Å². The molecule has 298 valence electrons. The highest BCUT2D eigenvalue weighted by molar-refractivity contribution is 5.95. The predicted molar refractivity (Wildman–Crippen MR) is 252 cm³/mol. The van der Waals surface area contributed by atoms with Crippen LogP contribution in [0.5, 0.6) is 0 Å². The Morgan fingerprint density at radius 1 is 0.323 bits per heavy atom. The fraction of sp³-hybridized carbons (Fsp3) is 0.109. The van der Waals surface area contributed by atoms with E-state index in [2.05, 4.69) is 153 Å². The van der Waals surface area contributed by atoms with Crippen molar-refractivity contribution in [2.75, 3.05) is 0 Å². The number of benzene rings is 5. The smallest absolute Gasteiger partial charge is 0.164 e. The zero-order chi connectivity index (χ0) is 42.2.